The Morgan fingerprint density at radius 1 is 1.17 bits per heavy atom. The maximum absolute atomic E-state index is 14.2. The van der Waals surface area contributed by atoms with Gasteiger partial charge in [0.2, 0.25) is 0 Å². The number of halogens is 3. The number of rotatable bonds is 1. The van der Waals surface area contributed by atoms with Gasteiger partial charge in [0.05, 0.1) is 21.4 Å². The van der Waals surface area contributed by atoms with Gasteiger partial charge in [0.25, 0.3) is 0 Å². The molecule has 2 aromatic heterocycles. The third-order valence-corrected chi connectivity index (χ3v) is 4.35. The topological polar surface area (TPSA) is 56.0 Å². The fourth-order valence-electron chi connectivity index (χ4n) is 2.52. The van der Waals surface area contributed by atoms with Crippen LogP contribution in [0.4, 0.5) is 4.39 Å². The first-order valence-electron chi connectivity index (χ1n) is 6.70. The van der Waals surface area contributed by atoms with E-state index in [4.69, 9.17) is 23.2 Å². The van der Waals surface area contributed by atoms with Crippen LogP contribution in [0.25, 0.3) is 5.69 Å². The van der Waals surface area contributed by atoms with E-state index in [1.54, 1.807) is 23.0 Å². The van der Waals surface area contributed by atoms with Crippen molar-refractivity contribution in [3.8, 4) is 5.69 Å². The summed E-state index contributed by atoms with van der Waals surface area (Å²) in [4.78, 5) is 8.57. The van der Waals surface area contributed by atoms with Crippen molar-refractivity contribution in [1.82, 2.24) is 19.7 Å². The van der Waals surface area contributed by atoms with Crippen LogP contribution in [-0.4, -0.2) is 25.5 Å². The van der Waals surface area contributed by atoms with Crippen LogP contribution in [0.3, 0.4) is 0 Å². The molecule has 1 aliphatic rings. The first-order valence-corrected chi connectivity index (χ1v) is 7.45. The zero-order chi connectivity index (χ0) is 16.0. The molecule has 0 bridgehead atoms. The predicted octanol–water partition coefficient (Wildman–Crippen LogP) is 3.46. The lowest BCUT2D eigenvalue weighted by atomic mass is 10.0. The number of aromatic nitrogens is 4. The number of hydrogen-bond donors (Lipinski definition) is 0. The molecule has 114 valence electrons. The normalized spacial score (nSPS) is 13.1. The van der Waals surface area contributed by atoms with Gasteiger partial charge in [-0.3, -0.25) is 14.5 Å². The van der Waals surface area contributed by atoms with E-state index in [1.807, 2.05) is 0 Å². The van der Waals surface area contributed by atoms with Crippen LogP contribution < -0.4 is 0 Å². The number of pyridine rings is 1. The van der Waals surface area contributed by atoms with E-state index in [0.29, 0.717) is 27.8 Å². The molecule has 4 rings (SSSR count). The van der Waals surface area contributed by atoms with Crippen molar-refractivity contribution in [2.45, 2.75) is 6.54 Å². The summed E-state index contributed by atoms with van der Waals surface area (Å²) in [5, 5.41) is 8.56. The van der Waals surface area contributed by atoms with E-state index in [1.165, 1.54) is 18.3 Å². The highest BCUT2D eigenvalue weighted by Crippen LogP contribution is 2.34. The molecule has 0 aliphatic carbocycles. The lowest BCUT2D eigenvalue weighted by Gasteiger charge is -2.13. The van der Waals surface area contributed by atoms with Crippen molar-refractivity contribution >= 4 is 28.9 Å². The van der Waals surface area contributed by atoms with E-state index >= 15 is 0 Å². The van der Waals surface area contributed by atoms with E-state index in [0.717, 1.165) is 0 Å². The van der Waals surface area contributed by atoms with Crippen molar-refractivity contribution < 1.29 is 4.39 Å². The van der Waals surface area contributed by atoms with Gasteiger partial charge in [0.15, 0.2) is 11.6 Å². The van der Waals surface area contributed by atoms with Crippen LogP contribution >= 0.6 is 23.2 Å². The van der Waals surface area contributed by atoms with Gasteiger partial charge in [-0.2, -0.15) is 0 Å². The van der Waals surface area contributed by atoms with E-state index < -0.39 is 5.82 Å². The Bertz CT molecular complexity index is 951. The van der Waals surface area contributed by atoms with Gasteiger partial charge >= 0.3 is 0 Å². The third-order valence-electron chi connectivity index (χ3n) is 3.55. The minimum absolute atomic E-state index is 0.122. The Kier molecular flexibility index (Phi) is 3.36. The molecule has 0 saturated heterocycles. The summed E-state index contributed by atoms with van der Waals surface area (Å²) in [6.07, 6.45) is 3.07. The van der Waals surface area contributed by atoms with Crippen LogP contribution in [0, 0.1) is 5.82 Å². The molecule has 23 heavy (non-hydrogen) atoms. The molecule has 8 heteroatoms. The van der Waals surface area contributed by atoms with Crippen molar-refractivity contribution in [1.29, 1.82) is 0 Å². The SMILES string of the molecule is Fc1cccnc1C1=NCc2nncn2-c2ccc(Cl)c(Cl)c21. The van der Waals surface area contributed by atoms with Crippen LogP contribution in [0.1, 0.15) is 17.1 Å². The quantitative estimate of drug-likeness (QED) is 0.677. The second kappa shape index (κ2) is 5.40. The number of benzene rings is 1. The summed E-state index contributed by atoms with van der Waals surface area (Å²) < 4.78 is 16.0. The second-order valence-electron chi connectivity index (χ2n) is 4.87. The minimum Gasteiger partial charge on any atom is -0.283 e. The van der Waals surface area contributed by atoms with Crippen molar-refractivity contribution in [2.24, 2.45) is 4.99 Å². The molecule has 5 nitrogen and oxygen atoms in total. The lowest BCUT2D eigenvalue weighted by Crippen LogP contribution is -2.11. The highest BCUT2D eigenvalue weighted by Gasteiger charge is 2.25. The summed E-state index contributed by atoms with van der Waals surface area (Å²) in [5.74, 6) is 0.141. The summed E-state index contributed by atoms with van der Waals surface area (Å²) in [5.41, 5.74) is 1.66. The molecule has 3 aromatic rings. The molecule has 0 atom stereocenters. The predicted molar refractivity (Wildman–Crippen MR) is 84.9 cm³/mol. The average Bonchev–Trinajstić information content (AvgIpc) is 2.95. The zero-order valence-electron chi connectivity index (χ0n) is 11.5. The van der Waals surface area contributed by atoms with Gasteiger partial charge in [0, 0.05) is 11.8 Å². The molecule has 0 fully saturated rings. The summed E-state index contributed by atoms with van der Waals surface area (Å²) in [6.45, 7) is 0.230. The molecule has 0 radical (unpaired) electrons. The maximum atomic E-state index is 14.2. The van der Waals surface area contributed by atoms with E-state index in [-0.39, 0.29) is 17.3 Å². The Balaban J connectivity index is 2.06. The molecular formula is C15H8Cl2FN5. The molecule has 0 spiro atoms. The maximum Gasteiger partial charge on any atom is 0.159 e. The molecule has 1 aromatic carbocycles. The molecule has 0 amide bonds. The highest BCUT2D eigenvalue weighted by molar-refractivity contribution is 6.45. The van der Waals surface area contributed by atoms with Gasteiger partial charge in [-0.25, -0.2) is 4.39 Å². The first kappa shape index (κ1) is 14.3. The van der Waals surface area contributed by atoms with Crippen LogP contribution in [0.2, 0.25) is 10.0 Å². The number of nitrogens with zero attached hydrogens (tertiary/aromatic N) is 5. The largest absolute Gasteiger partial charge is 0.283 e. The molecule has 0 unspecified atom stereocenters. The van der Waals surface area contributed by atoms with Crippen molar-refractivity contribution in [2.75, 3.05) is 0 Å². The zero-order valence-corrected chi connectivity index (χ0v) is 13.1. The van der Waals surface area contributed by atoms with Crippen molar-refractivity contribution in [3.63, 3.8) is 0 Å². The molecule has 3 heterocycles. The Morgan fingerprint density at radius 2 is 2.04 bits per heavy atom. The standard InChI is InChI=1S/C15H8Cl2FN5/c16-8-3-4-10-12(13(8)17)15(14-9(18)2-1-5-19-14)20-6-11-22-21-7-23(10)11/h1-5,7H,6H2. The number of hydrogen-bond acceptors (Lipinski definition) is 4. The van der Waals surface area contributed by atoms with Gasteiger partial charge in [-0.15, -0.1) is 10.2 Å². The van der Waals surface area contributed by atoms with E-state index in [9.17, 15) is 4.39 Å². The number of aliphatic imine (C=N–C) groups is 1. The first-order chi connectivity index (χ1) is 11.2. The molecule has 0 N–H and O–H groups in total. The van der Waals surface area contributed by atoms with Gasteiger partial charge < -0.3 is 0 Å². The van der Waals surface area contributed by atoms with Crippen LogP contribution in [-0.2, 0) is 6.54 Å². The second-order valence-corrected chi connectivity index (χ2v) is 5.66. The minimum atomic E-state index is -0.481. The fourth-order valence-corrected chi connectivity index (χ4v) is 2.92. The van der Waals surface area contributed by atoms with Crippen LogP contribution in [0.5, 0.6) is 0 Å². The molecule has 1 aliphatic heterocycles. The summed E-state index contributed by atoms with van der Waals surface area (Å²) in [6, 6.07) is 6.29. The molecule has 0 saturated carbocycles. The Morgan fingerprint density at radius 3 is 2.87 bits per heavy atom. The number of fused-ring (bicyclic) bond motifs is 3. The van der Waals surface area contributed by atoms with Crippen molar-refractivity contribution in [3.05, 3.63) is 69.7 Å². The molecular weight excluding hydrogens is 340 g/mol. The lowest BCUT2D eigenvalue weighted by molar-refractivity contribution is 0.618. The Labute approximate surface area is 140 Å². The van der Waals surface area contributed by atoms with E-state index in [2.05, 4.69) is 20.2 Å². The smallest absolute Gasteiger partial charge is 0.159 e. The Hall–Kier alpha value is -2.31. The van der Waals surface area contributed by atoms with Gasteiger partial charge in [0.1, 0.15) is 18.6 Å². The van der Waals surface area contributed by atoms with Crippen LogP contribution in [0.15, 0.2) is 41.8 Å². The third kappa shape index (κ3) is 2.22. The monoisotopic (exact) mass is 347 g/mol. The fraction of sp³-hybridized carbons (Fsp3) is 0.0667. The highest BCUT2D eigenvalue weighted by atomic mass is 35.5. The van der Waals surface area contributed by atoms with Gasteiger partial charge in [-0.1, -0.05) is 23.2 Å². The average molecular weight is 348 g/mol. The summed E-state index contributed by atoms with van der Waals surface area (Å²) in [7, 11) is 0. The van der Waals surface area contributed by atoms with Gasteiger partial charge in [-0.05, 0) is 24.3 Å². The summed E-state index contributed by atoms with van der Waals surface area (Å²) >= 11 is 12.5.